The highest BCUT2D eigenvalue weighted by Crippen LogP contribution is 2.29. The smallest absolute Gasteiger partial charge is 0.230 e. The van der Waals surface area contributed by atoms with Crippen molar-refractivity contribution in [2.24, 2.45) is 5.92 Å². The van der Waals surface area contributed by atoms with Crippen molar-refractivity contribution in [2.75, 3.05) is 18.7 Å². The third-order valence-electron chi connectivity index (χ3n) is 4.80. The fourth-order valence-corrected chi connectivity index (χ4v) is 3.97. The third-order valence-corrected chi connectivity index (χ3v) is 5.75. The van der Waals surface area contributed by atoms with Crippen LogP contribution in [-0.2, 0) is 4.79 Å². The van der Waals surface area contributed by atoms with Gasteiger partial charge in [-0.05, 0) is 30.9 Å². The van der Waals surface area contributed by atoms with Gasteiger partial charge in [0.05, 0.1) is 18.4 Å². The lowest BCUT2D eigenvalue weighted by Crippen LogP contribution is -2.41. The number of hydrogen-bond donors (Lipinski definition) is 2. The molecule has 8 heteroatoms. The largest absolute Gasteiger partial charge is 0.496 e. The van der Waals surface area contributed by atoms with Crippen LogP contribution in [0.5, 0.6) is 5.75 Å². The Kier molecular flexibility index (Phi) is 6.03. The number of hydrogen-bond acceptors (Lipinski definition) is 6. The van der Waals surface area contributed by atoms with Gasteiger partial charge in [-0.15, -0.1) is 10.2 Å². The van der Waals surface area contributed by atoms with E-state index in [1.165, 1.54) is 35.7 Å². The summed E-state index contributed by atoms with van der Waals surface area (Å²) in [4.78, 5) is 12.3. The number of nitrogen functional groups attached to an aromatic ring is 1. The van der Waals surface area contributed by atoms with Crippen LogP contribution in [0.15, 0.2) is 29.4 Å². The van der Waals surface area contributed by atoms with Gasteiger partial charge in [-0.25, -0.2) is 4.68 Å². The van der Waals surface area contributed by atoms with E-state index in [4.69, 9.17) is 10.6 Å². The van der Waals surface area contributed by atoms with E-state index in [2.05, 4.69) is 22.4 Å². The fourth-order valence-electron chi connectivity index (χ4n) is 3.30. The van der Waals surface area contributed by atoms with Crippen molar-refractivity contribution in [3.8, 4) is 17.1 Å². The van der Waals surface area contributed by atoms with Crippen molar-refractivity contribution in [1.82, 2.24) is 20.2 Å². The molecule has 1 aliphatic carbocycles. The first-order valence-corrected chi connectivity index (χ1v) is 9.84. The Morgan fingerprint density at radius 2 is 2.12 bits per heavy atom. The number of rotatable bonds is 6. The summed E-state index contributed by atoms with van der Waals surface area (Å²) in [6.45, 7) is 2.20. The molecule has 3 rings (SSSR count). The molecule has 0 radical (unpaired) electrons. The van der Waals surface area contributed by atoms with Crippen LogP contribution in [0, 0.1) is 5.92 Å². The maximum Gasteiger partial charge on any atom is 0.230 e. The van der Waals surface area contributed by atoms with E-state index in [0.29, 0.717) is 22.6 Å². The molecule has 1 saturated carbocycles. The minimum atomic E-state index is 0.00981. The number of carbonyl (C=O) groups excluding carboxylic acids is 1. The molecule has 1 aromatic heterocycles. The highest BCUT2D eigenvalue weighted by Gasteiger charge is 2.23. The van der Waals surface area contributed by atoms with E-state index < -0.39 is 0 Å². The zero-order valence-corrected chi connectivity index (χ0v) is 16.0. The molecular formula is C18H25N5O2S. The predicted molar refractivity (Wildman–Crippen MR) is 102 cm³/mol. The second kappa shape index (κ2) is 8.44. The van der Waals surface area contributed by atoms with Crippen molar-refractivity contribution in [3.05, 3.63) is 24.3 Å². The molecule has 0 saturated heterocycles. The number of nitrogens with one attached hydrogen (secondary N) is 1. The summed E-state index contributed by atoms with van der Waals surface area (Å²) in [7, 11) is 1.60. The van der Waals surface area contributed by atoms with E-state index in [-0.39, 0.29) is 17.7 Å². The average molecular weight is 375 g/mol. The lowest BCUT2D eigenvalue weighted by Gasteiger charge is -2.29. The Morgan fingerprint density at radius 1 is 1.35 bits per heavy atom. The second-order valence-corrected chi connectivity index (χ2v) is 7.54. The summed E-state index contributed by atoms with van der Waals surface area (Å²) >= 11 is 1.29. The van der Waals surface area contributed by atoms with Gasteiger partial charge in [0.15, 0.2) is 5.82 Å². The van der Waals surface area contributed by atoms with E-state index in [9.17, 15) is 4.79 Å². The van der Waals surface area contributed by atoms with Gasteiger partial charge in [0.25, 0.3) is 0 Å². The Hall–Kier alpha value is -2.22. The monoisotopic (exact) mass is 375 g/mol. The minimum absolute atomic E-state index is 0.00981. The molecule has 7 nitrogen and oxygen atoms in total. The number of benzene rings is 1. The Labute approximate surface area is 157 Å². The highest BCUT2D eigenvalue weighted by atomic mass is 32.2. The zero-order chi connectivity index (χ0) is 18.5. The zero-order valence-electron chi connectivity index (χ0n) is 15.1. The maximum atomic E-state index is 12.3. The van der Waals surface area contributed by atoms with E-state index in [1.54, 1.807) is 7.11 Å². The Morgan fingerprint density at radius 3 is 2.88 bits per heavy atom. The van der Waals surface area contributed by atoms with Crippen molar-refractivity contribution >= 4 is 17.7 Å². The number of carbonyl (C=O) groups is 1. The van der Waals surface area contributed by atoms with E-state index in [0.717, 1.165) is 12.0 Å². The van der Waals surface area contributed by atoms with Crippen LogP contribution < -0.4 is 15.9 Å². The quantitative estimate of drug-likeness (QED) is 0.595. The molecule has 1 amide bonds. The summed E-state index contributed by atoms with van der Waals surface area (Å²) in [6.07, 6.45) is 4.67. The molecule has 140 valence electrons. The average Bonchev–Trinajstić information content (AvgIpc) is 3.02. The molecule has 1 fully saturated rings. The lowest BCUT2D eigenvalue weighted by atomic mass is 9.86. The highest BCUT2D eigenvalue weighted by molar-refractivity contribution is 7.99. The minimum Gasteiger partial charge on any atom is -0.496 e. The van der Waals surface area contributed by atoms with Crippen LogP contribution >= 0.6 is 11.8 Å². The Bertz CT molecular complexity index is 764. The van der Waals surface area contributed by atoms with Gasteiger partial charge >= 0.3 is 0 Å². The van der Waals surface area contributed by atoms with E-state index in [1.807, 2.05) is 24.3 Å². The van der Waals surface area contributed by atoms with Crippen LogP contribution in [0.3, 0.4) is 0 Å². The fraction of sp³-hybridized carbons (Fsp3) is 0.500. The predicted octanol–water partition coefficient (Wildman–Crippen LogP) is 2.45. The lowest BCUT2D eigenvalue weighted by molar-refractivity contribution is -0.119. The third kappa shape index (κ3) is 4.12. The molecule has 1 aromatic carbocycles. The topological polar surface area (TPSA) is 95.1 Å². The van der Waals surface area contributed by atoms with Gasteiger partial charge in [0.1, 0.15) is 5.75 Å². The van der Waals surface area contributed by atoms with E-state index >= 15 is 0 Å². The number of amides is 1. The molecule has 3 N–H and O–H groups in total. The summed E-state index contributed by atoms with van der Waals surface area (Å²) in [5.74, 6) is 8.13. The Balaban J connectivity index is 1.62. The van der Waals surface area contributed by atoms with Gasteiger partial charge < -0.3 is 15.9 Å². The van der Waals surface area contributed by atoms with Gasteiger partial charge in [-0.1, -0.05) is 43.7 Å². The summed E-state index contributed by atoms with van der Waals surface area (Å²) < 4.78 is 6.75. The van der Waals surface area contributed by atoms with Crippen molar-refractivity contribution < 1.29 is 9.53 Å². The van der Waals surface area contributed by atoms with Crippen molar-refractivity contribution in [3.63, 3.8) is 0 Å². The molecule has 0 unspecified atom stereocenters. The van der Waals surface area contributed by atoms with Crippen molar-refractivity contribution in [2.45, 2.75) is 43.8 Å². The summed E-state index contributed by atoms with van der Waals surface area (Å²) in [5.41, 5.74) is 0.761. The maximum absolute atomic E-state index is 12.3. The van der Waals surface area contributed by atoms with Crippen LogP contribution in [0.1, 0.15) is 32.6 Å². The SMILES string of the molecule is COc1ccccc1-c1nnc(SCC(=O)N[C@H]2CCCC[C@H]2C)n1N. The normalized spacial score (nSPS) is 19.9. The van der Waals surface area contributed by atoms with Crippen LogP contribution in [0.4, 0.5) is 0 Å². The molecule has 1 aliphatic rings. The molecule has 1 heterocycles. The number of ether oxygens (including phenoxy) is 1. The van der Waals surface area contributed by atoms with Crippen LogP contribution in [-0.4, -0.2) is 39.7 Å². The van der Waals surface area contributed by atoms with Gasteiger partial charge in [0, 0.05) is 6.04 Å². The molecular weight excluding hydrogens is 350 g/mol. The molecule has 2 aromatic rings. The molecule has 2 atom stereocenters. The molecule has 26 heavy (non-hydrogen) atoms. The number of methoxy groups -OCH3 is 1. The number of aromatic nitrogens is 3. The van der Waals surface area contributed by atoms with Crippen LogP contribution in [0.2, 0.25) is 0 Å². The first-order chi connectivity index (χ1) is 12.6. The number of thioether (sulfide) groups is 1. The summed E-state index contributed by atoms with van der Waals surface area (Å²) in [6, 6.07) is 7.76. The van der Waals surface area contributed by atoms with Gasteiger partial charge in [0.2, 0.25) is 11.1 Å². The molecule has 0 bridgehead atoms. The second-order valence-electron chi connectivity index (χ2n) is 6.60. The van der Waals surface area contributed by atoms with Gasteiger partial charge in [-0.2, -0.15) is 0 Å². The summed E-state index contributed by atoms with van der Waals surface area (Å²) in [5, 5.41) is 11.9. The number of nitrogens with zero attached hydrogens (tertiary/aromatic N) is 3. The molecule has 0 aliphatic heterocycles. The van der Waals surface area contributed by atoms with Crippen molar-refractivity contribution in [1.29, 1.82) is 0 Å². The molecule has 0 spiro atoms. The number of nitrogens with two attached hydrogens (primary N) is 1. The van der Waals surface area contributed by atoms with Crippen LogP contribution in [0.25, 0.3) is 11.4 Å². The standard InChI is InChI=1S/C18H25N5O2S/c1-12-7-3-5-9-14(12)20-16(24)11-26-18-22-21-17(23(18)19)13-8-4-6-10-15(13)25-2/h4,6,8,10,12,14H,3,5,7,9,11,19H2,1-2H3,(H,20,24)/t12-,14+/m1/s1. The van der Waals surface area contributed by atoms with Gasteiger partial charge in [-0.3, -0.25) is 4.79 Å². The first-order valence-electron chi connectivity index (χ1n) is 8.86. The number of para-hydroxylation sites is 1. The first kappa shape index (κ1) is 18.6.